The zero-order valence-corrected chi connectivity index (χ0v) is 19.5. The second-order valence-corrected chi connectivity index (χ2v) is 9.29. The molecule has 1 aliphatic rings. The van der Waals surface area contributed by atoms with Gasteiger partial charge >= 0.3 is 0 Å². The molecule has 0 N–H and O–H groups in total. The largest absolute Gasteiger partial charge is 0.493 e. The molecule has 3 rings (SSSR count). The summed E-state index contributed by atoms with van der Waals surface area (Å²) in [5.41, 5.74) is 1.76. The predicted octanol–water partition coefficient (Wildman–Crippen LogP) is 6.00. The average Bonchev–Trinajstić information content (AvgIpc) is 3.22. The minimum absolute atomic E-state index is 0.0925. The Morgan fingerprint density at radius 3 is 2.53 bits per heavy atom. The summed E-state index contributed by atoms with van der Waals surface area (Å²) >= 11 is 14.0. The van der Waals surface area contributed by atoms with Gasteiger partial charge in [-0.15, -0.1) is 0 Å². The van der Waals surface area contributed by atoms with Gasteiger partial charge in [-0.1, -0.05) is 35.0 Å². The van der Waals surface area contributed by atoms with Crippen molar-refractivity contribution in [3.63, 3.8) is 0 Å². The molecular formula is C22H26Cl2N2O3S. The van der Waals surface area contributed by atoms with Crippen LogP contribution in [-0.4, -0.2) is 35.6 Å². The van der Waals surface area contributed by atoms with Crippen LogP contribution in [0.3, 0.4) is 0 Å². The van der Waals surface area contributed by atoms with Crippen LogP contribution in [0, 0.1) is 0 Å². The highest BCUT2D eigenvalue weighted by molar-refractivity contribution is 8.13. The van der Waals surface area contributed by atoms with Crippen molar-refractivity contribution in [2.24, 2.45) is 0 Å². The van der Waals surface area contributed by atoms with Gasteiger partial charge in [-0.2, -0.15) is 0 Å². The highest BCUT2D eigenvalue weighted by Crippen LogP contribution is 2.36. The molecule has 0 amide bonds. The van der Waals surface area contributed by atoms with E-state index in [0.717, 1.165) is 29.8 Å². The van der Waals surface area contributed by atoms with Crippen LogP contribution in [0.15, 0.2) is 30.6 Å². The Bertz CT molecular complexity index is 855. The number of ether oxygens (including phenoxy) is 2. The van der Waals surface area contributed by atoms with Crippen LogP contribution in [-0.2, 0) is 11.3 Å². The number of thioether (sulfide) groups is 1. The first-order valence-corrected chi connectivity index (χ1v) is 11.7. The second kappa shape index (κ2) is 11.1. The Morgan fingerprint density at radius 1 is 1.20 bits per heavy atom. The minimum atomic E-state index is 0.0925. The molecule has 0 spiro atoms. The van der Waals surface area contributed by atoms with Crippen LogP contribution in [0.25, 0.3) is 0 Å². The number of rotatable bonds is 9. The van der Waals surface area contributed by atoms with E-state index in [9.17, 15) is 4.79 Å². The van der Waals surface area contributed by atoms with Gasteiger partial charge in [0.15, 0.2) is 16.6 Å². The van der Waals surface area contributed by atoms with E-state index in [1.54, 1.807) is 26.4 Å². The van der Waals surface area contributed by atoms with E-state index < -0.39 is 0 Å². The molecule has 8 heteroatoms. The highest BCUT2D eigenvalue weighted by Gasteiger charge is 2.20. The first kappa shape index (κ1) is 23.0. The van der Waals surface area contributed by atoms with Crippen LogP contribution >= 0.6 is 35.0 Å². The zero-order chi connectivity index (χ0) is 21.5. The summed E-state index contributed by atoms with van der Waals surface area (Å²) in [6.07, 6.45) is 7.92. The summed E-state index contributed by atoms with van der Waals surface area (Å²) in [4.78, 5) is 17.6. The van der Waals surface area contributed by atoms with Crippen molar-refractivity contribution in [3.05, 3.63) is 46.2 Å². The van der Waals surface area contributed by atoms with Gasteiger partial charge in [-0.3, -0.25) is 9.78 Å². The summed E-state index contributed by atoms with van der Waals surface area (Å²) < 4.78 is 11.8. The van der Waals surface area contributed by atoms with E-state index in [1.807, 2.05) is 18.2 Å². The molecule has 1 saturated carbocycles. The van der Waals surface area contributed by atoms with E-state index in [4.69, 9.17) is 32.7 Å². The molecule has 0 atom stereocenters. The lowest BCUT2D eigenvalue weighted by Crippen LogP contribution is -2.26. The molecule has 1 aromatic carbocycles. The quantitative estimate of drug-likeness (QED) is 0.449. The van der Waals surface area contributed by atoms with E-state index in [0.29, 0.717) is 34.6 Å². The summed E-state index contributed by atoms with van der Waals surface area (Å²) in [5, 5.41) is 1.13. The van der Waals surface area contributed by atoms with Crippen LogP contribution in [0.4, 0.5) is 5.69 Å². The number of methoxy groups -OCH3 is 1. The van der Waals surface area contributed by atoms with E-state index in [-0.39, 0.29) is 11.2 Å². The van der Waals surface area contributed by atoms with Gasteiger partial charge in [0.25, 0.3) is 0 Å². The van der Waals surface area contributed by atoms with Gasteiger partial charge in [-0.05, 0) is 37.8 Å². The molecule has 1 heterocycles. The second-order valence-electron chi connectivity index (χ2n) is 7.20. The molecule has 5 nitrogen and oxygen atoms in total. The number of anilines is 1. The third-order valence-electron chi connectivity index (χ3n) is 5.08. The summed E-state index contributed by atoms with van der Waals surface area (Å²) in [5.74, 6) is 2.10. The fraction of sp³-hybridized carbons (Fsp3) is 0.455. The molecule has 2 aromatic rings. The number of hydrogen-bond acceptors (Lipinski definition) is 6. The maximum absolute atomic E-state index is 11.4. The minimum Gasteiger partial charge on any atom is -0.493 e. The predicted molar refractivity (Wildman–Crippen MR) is 124 cm³/mol. The van der Waals surface area contributed by atoms with Gasteiger partial charge in [0.05, 0.1) is 23.3 Å². The number of halogens is 2. The van der Waals surface area contributed by atoms with Crippen molar-refractivity contribution >= 4 is 45.8 Å². The van der Waals surface area contributed by atoms with Crippen LogP contribution in [0.5, 0.6) is 11.5 Å². The molecule has 162 valence electrons. The zero-order valence-electron chi connectivity index (χ0n) is 17.2. The Balaban J connectivity index is 1.88. The number of aromatic nitrogens is 1. The topological polar surface area (TPSA) is 51.7 Å². The Hall–Kier alpha value is -1.63. The van der Waals surface area contributed by atoms with Gasteiger partial charge < -0.3 is 14.4 Å². The summed E-state index contributed by atoms with van der Waals surface area (Å²) in [7, 11) is 1.65. The third kappa shape index (κ3) is 6.19. The van der Waals surface area contributed by atoms with Gasteiger partial charge in [0, 0.05) is 55.5 Å². The molecule has 0 saturated heterocycles. The van der Waals surface area contributed by atoms with Gasteiger partial charge in [-0.25, -0.2) is 0 Å². The fourth-order valence-electron chi connectivity index (χ4n) is 3.52. The molecule has 1 aliphatic carbocycles. The van der Waals surface area contributed by atoms with Gasteiger partial charge in [0.1, 0.15) is 0 Å². The number of carbonyl (C=O) groups is 1. The van der Waals surface area contributed by atoms with E-state index in [1.165, 1.54) is 24.6 Å². The number of pyridine rings is 1. The van der Waals surface area contributed by atoms with E-state index >= 15 is 0 Å². The molecule has 1 fully saturated rings. The first-order chi connectivity index (χ1) is 14.5. The molecule has 0 aliphatic heterocycles. The van der Waals surface area contributed by atoms with Gasteiger partial charge in [0.2, 0.25) is 0 Å². The number of nitrogens with zero attached hydrogens (tertiary/aromatic N) is 2. The number of benzene rings is 1. The third-order valence-corrected chi connectivity index (χ3v) is 6.52. The SMILES string of the molecule is COc1ccc(N(CCSC(C)=O)Cc2c(Cl)cncc2Cl)cc1OC1CCCC1. The average molecular weight is 469 g/mol. The van der Waals surface area contributed by atoms with Crippen LogP contribution < -0.4 is 14.4 Å². The Kier molecular flexibility index (Phi) is 8.54. The fourth-order valence-corrected chi connectivity index (χ4v) is 4.60. The number of hydrogen-bond donors (Lipinski definition) is 0. The molecule has 0 radical (unpaired) electrons. The van der Waals surface area contributed by atoms with Crippen molar-refractivity contribution < 1.29 is 14.3 Å². The lowest BCUT2D eigenvalue weighted by atomic mass is 10.2. The van der Waals surface area contributed by atoms with Crippen molar-refractivity contribution in [1.29, 1.82) is 0 Å². The van der Waals surface area contributed by atoms with Crippen LogP contribution in [0.1, 0.15) is 38.2 Å². The summed E-state index contributed by atoms with van der Waals surface area (Å²) in [6, 6.07) is 5.90. The Morgan fingerprint density at radius 2 is 1.90 bits per heavy atom. The van der Waals surface area contributed by atoms with E-state index in [2.05, 4.69) is 9.88 Å². The van der Waals surface area contributed by atoms with Crippen molar-refractivity contribution in [2.75, 3.05) is 24.3 Å². The van der Waals surface area contributed by atoms with Crippen molar-refractivity contribution in [2.45, 2.75) is 45.3 Å². The maximum atomic E-state index is 11.4. The van der Waals surface area contributed by atoms with Crippen molar-refractivity contribution in [1.82, 2.24) is 4.98 Å². The molecule has 0 unspecified atom stereocenters. The number of carbonyl (C=O) groups excluding carboxylic acids is 1. The highest BCUT2D eigenvalue weighted by atomic mass is 35.5. The smallest absolute Gasteiger partial charge is 0.185 e. The van der Waals surface area contributed by atoms with Crippen LogP contribution in [0.2, 0.25) is 10.0 Å². The molecular weight excluding hydrogens is 443 g/mol. The van der Waals surface area contributed by atoms with Crippen molar-refractivity contribution in [3.8, 4) is 11.5 Å². The standard InChI is InChI=1S/C22H26Cl2N2O3S/c1-15(27)30-10-9-26(14-18-19(23)12-25-13-20(18)24)16-7-8-21(28-2)22(11-16)29-17-5-3-4-6-17/h7-8,11-13,17H,3-6,9-10,14H2,1-2H3. The Labute approximate surface area is 192 Å². The molecule has 0 bridgehead atoms. The monoisotopic (exact) mass is 468 g/mol. The molecule has 30 heavy (non-hydrogen) atoms. The lowest BCUT2D eigenvalue weighted by molar-refractivity contribution is -0.109. The lowest BCUT2D eigenvalue weighted by Gasteiger charge is -2.27. The molecule has 1 aromatic heterocycles. The first-order valence-electron chi connectivity index (χ1n) is 9.98. The summed E-state index contributed by atoms with van der Waals surface area (Å²) in [6.45, 7) is 2.72. The normalized spacial score (nSPS) is 14.0. The maximum Gasteiger partial charge on any atom is 0.185 e.